The molecule has 0 heterocycles. The molecule has 0 fully saturated rings. The molecule has 1 aliphatic carbocycles. The Balaban J connectivity index is 1.50. The van der Waals surface area contributed by atoms with E-state index in [1.54, 1.807) is 12.1 Å². The Kier molecular flexibility index (Phi) is 5.43. The van der Waals surface area contributed by atoms with E-state index < -0.39 is 11.7 Å². The third kappa shape index (κ3) is 3.71. The Labute approximate surface area is 248 Å². The van der Waals surface area contributed by atoms with Gasteiger partial charge in [0.2, 0.25) is 0 Å². The molecule has 208 valence electrons. The molecule has 0 unspecified atom stereocenters. The van der Waals surface area contributed by atoms with Crippen LogP contribution in [0.1, 0.15) is 30.5 Å². The molecule has 43 heavy (non-hydrogen) atoms. The highest BCUT2D eigenvalue weighted by molar-refractivity contribution is 6.24. The summed E-state index contributed by atoms with van der Waals surface area (Å²) in [5.74, 6) is 0. The van der Waals surface area contributed by atoms with Crippen molar-refractivity contribution in [2.75, 3.05) is 0 Å². The summed E-state index contributed by atoms with van der Waals surface area (Å²) >= 11 is 0. The first-order valence-electron chi connectivity index (χ1n) is 14.5. The van der Waals surface area contributed by atoms with E-state index in [2.05, 4.69) is 92.7 Å². The molecule has 0 spiro atoms. The standard InChI is InChI=1S/C40H27F3/c1-39(2)34-18-10-9-17-32(34)38-27-12-4-3-11-26(27)33(23-35(38)39)37-30-15-7-5-13-28(30)36(29-14-6-8-16-31(29)37)24-19-21-25(22-20-24)40(41,42)43/h3-23H,1-2H3. The molecule has 0 radical (unpaired) electrons. The minimum atomic E-state index is -4.38. The zero-order valence-electron chi connectivity index (χ0n) is 23.8. The van der Waals surface area contributed by atoms with Crippen molar-refractivity contribution in [1.29, 1.82) is 0 Å². The van der Waals surface area contributed by atoms with Gasteiger partial charge in [0.05, 0.1) is 5.56 Å². The monoisotopic (exact) mass is 564 g/mol. The highest BCUT2D eigenvalue weighted by Crippen LogP contribution is 2.54. The predicted octanol–water partition coefficient (Wildman–Crippen LogP) is 11.8. The van der Waals surface area contributed by atoms with Gasteiger partial charge < -0.3 is 0 Å². The van der Waals surface area contributed by atoms with Gasteiger partial charge in [0.25, 0.3) is 0 Å². The van der Waals surface area contributed by atoms with Crippen LogP contribution < -0.4 is 0 Å². The lowest BCUT2D eigenvalue weighted by Gasteiger charge is -2.24. The van der Waals surface area contributed by atoms with Crippen LogP contribution in [0.5, 0.6) is 0 Å². The molecule has 3 heteroatoms. The SMILES string of the molecule is CC1(C)c2ccccc2-c2c1cc(-c1c3ccccc3c(-c3ccc(C(F)(F)F)cc3)c3ccccc13)c1ccccc21. The van der Waals surface area contributed by atoms with Crippen molar-refractivity contribution in [1.82, 2.24) is 0 Å². The van der Waals surface area contributed by atoms with Crippen molar-refractivity contribution < 1.29 is 13.2 Å². The van der Waals surface area contributed by atoms with Crippen LogP contribution in [0.4, 0.5) is 13.2 Å². The zero-order chi connectivity index (χ0) is 29.5. The molecule has 8 rings (SSSR count). The van der Waals surface area contributed by atoms with E-state index in [9.17, 15) is 13.2 Å². The molecule has 0 saturated heterocycles. The number of rotatable bonds is 2. The first-order valence-corrected chi connectivity index (χ1v) is 14.5. The highest BCUT2D eigenvalue weighted by Gasteiger charge is 2.37. The van der Waals surface area contributed by atoms with Crippen LogP contribution in [-0.2, 0) is 11.6 Å². The number of hydrogen-bond acceptors (Lipinski definition) is 0. The largest absolute Gasteiger partial charge is 0.416 e. The van der Waals surface area contributed by atoms with Crippen molar-refractivity contribution in [2.24, 2.45) is 0 Å². The fraction of sp³-hybridized carbons (Fsp3) is 0.100. The van der Waals surface area contributed by atoms with Crippen LogP contribution >= 0.6 is 0 Å². The van der Waals surface area contributed by atoms with Crippen molar-refractivity contribution in [3.8, 4) is 33.4 Å². The van der Waals surface area contributed by atoms with Gasteiger partial charge in [-0.25, -0.2) is 0 Å². The number of hydrogen-bond donors (Lipinski definition) is 0. The molecule has 0 N–H and O–H groups in total. The summed E-state index contributed by atoms with van der Waals surface area (Å²) < 4.78 is 40.3. The molecule has 0 bridgehead atoms. The van der Waals surface area contributed by atoms with E-state index in [1.165, 1.54) is 50.7 Å². The van der Waals surface area contributed by atoms with Gasteiger partial charge in [0, 0.05) is 5.41 Å². The highest BCUT2D eigenvalue weighted by atomic mass is 19.4. The third-order valence-electron chi connectivity index (χ3n) is 9.29. The maximum atomic E-state index is 13.4. The van der Waals surface area contributed by atoms with Crippen molar-refractivity contribution in [3.05, 3.63) is 144 Å². The lowest BCUT2D eigenvalue weighted by Crippen LogP contribution is -2.15. The van der Waals surface area contributed by atoms with Crippen LogP contribution in [-0.4, -0.2) is 0 Å². The molecule has 0 aromatic heterocycles. The van der Waals surface area contributed by atoms with E-state index in [-0.39, 0.29) is 5.41 Å². The Hall–Kier alpha value is -4.89. The second-order valence-corrected chi connectivity index (χ2v) is 12.0. The quantitative estimate of drug-likeness (QED) is 0.183. The Morgan fingerprint density at radius 2 is 0.907 bits per heavy atom. The van der Waals surface area contributed by atoms with Crippen LogP contribution in [0.15, 0.2) is 127 Å². The molecule has 0 aliphatic heterocycles. The molecule has 0 nitrogen and oxygen atoms in total. The van der Waals surface area contributed by atoms with Gasteiger partial charge in [-0.2, -0.15) is 13.2 Å². The minimum Gasteiger partial charge on any atom is -0.166 e. The second-order valence-electron chi connectivity index (χ2n) is 12.0. The number of halogens is 3. The summed E-state index contributed by atoms with van der Waals surface area (Å²) in [5, 5.41) is 6.61. The van der Waals surface area contributed by atoms with E-state index in [4.69, 9.17) is 0 Å². The molecule has 1 aliphatic rings. The molecule has 0 atom stereocenters. The van der Waals surface area contributed by atoms with Gasteiger partial charge in [-0.1, -0.05) is 123 Å². The van der Waals surface area contributed by atoms with E-state index in [0.29, 0.717) is 0 Å². The summed E-state index contributed by atoms with van der Waals surface area (Å²) in [6.07, 6.45) is -4.38. The second kappa shape index (κ2) is 9.05. The number of fused-ring (bicyclic) bond motifs is 7. The van der Waals surface area contributed by atoms with Crippen molar-refractivity contribution in [3.63, 3.8) is 0 Å². The van der Waals surface area contributed by atoms with Gasteiger partial charge in [-0.05, 0) is 95.0 Å². The molecular weight excluding hydrogens is 537 g/mol. The van der Waals surface area contributed by atoms with Gasteiger partial charge in [0.15, 0.2) is 0 Å². The van der Waals surface area contributed by atoms with Gasteiger partial charge >= 0.3 is 6.18 Å². The molecule has 7 aromatic rings. The molecule has 7 aromatic carbocycles. The van der Waals surface area contributed by atoms with Crippen molar-refractivity contribution in [2.45, 2.75) is 25.4 Å². The topological polar surface area (TPSA) is 0 Å². The smallest absolute Gasteiger partial charge is 0.166 e. The fourth-order valence-corrected chi connectivity index (χ4v) is 7.31. The van der Waals surface area contributed by atoms with Gasteiger partial charge in [0.1, 0.15) is 0 Å². The first kappa shape index (κ1) is 25.8. The first-order chi connectivity index (χ1) is 20.7. The fourth-order valence-electron chi connectivity index (χ4n) is 7.31. The minimum absolute atomic E-state index is 0.170. The normalized spacial score (nSPS) is 13.9. The number of alkyl halides is 3. The predicted molar refractivity (Wildman–Crippen MR) is 172 cm³/mol. The van der Waals surface area contributed by atoms with E-state index >= 15 is 0 Å². The molecule has 0 saturated carbocycles. The maximum Gasteiger partial charge on any atom is 0.416 e. The van der Waals surface area contributed by atoms with E-state index in [1.807, 2.05) is 24.3 Å². The molecule has 0 amide bonds. The van der Waals surface area contributed by atoms with Crippen LogP contribution in [0, 0.1) is 0 Å². The average molecular weight is 565 g/mol. The number of benzene rings is 7. The lowest BCUT2D eigenvalue weighted by atomic mass is 9.79. The van der Waals surface area contributed by atoms with Gasteiger partial charge in [-0.15, -0.1) is 0 Å². The average Bonchev–Trinajstić information content (AvgIpc) is 3.25. The Morgan fingerprint density at radius 3 is 1.47 bits per heavy atom. The third-order valence-corrected chi connectivity index (χ3v) is 9.29. The summed E-state index contributed by atoms with van der Waals surface area (Å²) in [6.45, 7) is 4.61. The lowest BCUT2D eigenvalue weighted by molar-refractivity contribution is -0.137. The van der Waals surface area contributed by atoms with Gasteiger partial charge in [-0.3, -0.25) is 0 Å². The van der Waals surface area contributed by atoms with Crippen LogP contribution in [0.25, 0.3) is 65.7 Å². The van der Waals surface area contributed by atoms with Crippen LogP contribution in [0.2, 0.25) is 0 Å². The summed E-state index contributed by atoms with van der Waals surface area (Å²) in [4.78, 5) is 0. The molecular formula is C40H27F3. The Morgan fingerprint density at radius 1 is 0.442 bits per heavy atom. The summed E-state index contributed by atoms with van der Waals surface area (Å²) in [7, 11) is 0. The summed E-state index contributed by atoms with van der Waals surface area (Å²) in [5.41, 5.74) is 8.44. The maximum absolute atomic E-state index is 13.4. The zero-order valence-corrected chi connectivity index (χ0v) is 23.8. The van der Waals surface area contributed by atoms with E-state index in [0.717, 1.165) is 38.2 Å². The summed E-state index contributed by atoms with van der Waals surface area (Å²) in [6, 6.07) is 41.9. The van der Waals surface area contributed by atoms with Crippen LogP contribution in [0.3, 0.4) is 0 Å². The Bertz CT molecular complexity index is 2180. The van der Waals surface area contributed by atoms with Crippen molar-refractivity contribution >= 4 is 32.3 Å².